The summed E-state index contributed by atoms with van der Waals surface area (Å²) in [6.45, 7) is 2.66. The van der Waals surface area contributed by atoms with E-state index in [1.807, 2.05) is 6.92 Å². The molecule has 0 aliphatic heterocycles. The lowest BCUT2D eigenvalue weighted by Crippen LogP contribution is -2.10. The van der Waals surface area contributed by atoms with Crippen LogP contribution in [0.2, 0.25) is 5.02 Å². The van der Waals surface area contributed by atoms with Gasteiger partial charge in [0.25, 0.3) is 0 Å². The Hall–Kier alpha value is -1.22. The molecule has 1 aromatic carbocycles. The molecule has 1 aromatic rings. The van der Waals surface area contributed by atoms with E-state index in [4.69, 9.17) is 27.5 Å². The third kappa shape index (κ3) is 2.64. The van der Waals surface area contributed by atoms with E-state index in [0.29, 0.717) is 22.9 Å². The normalized spacial score (nSPS) is 9.86. The summed E-state index contributed by atoms with van der Waals surface area (Å²) >= 11 is 5.93. The molecular weight excluding hydrogens is 200 g/mol. The minimum Gasteiger partial charge on any atom is -0.492 e. The van der Waals surface area contributed by atoms with Crippen molar-refractivity contribution in [3.8, 4) is 5.75 Å². The van der Waals surface area contributed by atoms with Crippen LogP contribution in [-0.4, -0.2) is 12.4 Å². The first-order valence-electron chi connectivity index (χ1n) is 4.42. The zero-order valence-corrected chi connectivity index (χ0v) is 8.77. The Morgan fingerprint density at radius 1 is 1.57 bits per heavy atom. The SMILES string of the molecule is CCCOc1ccc(C(=N)N)cc1Cl. The van der Waals surface area contributed by atoms with Crippen molar-refractivity contribution < 1.29 is 4.74 Å². The van der Waals surface area contributed by atoms with Crippen molar-refractivity contribution in [3.63, 3.8) is 0 Å². The zero-order valence-electron chi connectivity index (χ0n) is 8.01. The van der Waals surface area contributed by atoms with Crippen LogP contribution in [0.1, 0.15) is 18.9 Å². The maximum absolute atomic E-state index is 7.22. The van der Waals surface area contributed by atoms with Crippen molar-refractivity contribution in [2.45, 2.75) is 13.3 Å². The van der Waals surface area contributed by atoms with Crippen LogP contribution in [0, 0.1) is 5.41 Å². The highest BCUT2D eigenvalue weighted by atomic mass is 35.5. The van der Waals surface area contributed by atoms with E-state index in [0.717, 1.165) is 6.42 Å². The second-order valence-electron chi connectivity index (χ2n) is 2.91. The van der Waals surface area contributed by atoms with Gasteiger partial charge in [-0.1, -0.05) is 18.5 Å². The molecule has 0 aliphatic carbocycles. The van der Waals surface area contributed by atoms with Gasteiger partial charge in [-0.25, -0.2) is 0 Å². The van der Waals surface area contributed by atoms with E-state index in [1.54, 1.807) is 18.2 Å². The van der Waals surface area contributed by atoms with Gasteiger partial charge in [0.05, 0.1) is 11.6 Å². The van der Waals surface area contributed by atoms with Crippen molar-refractivity contribution in [2.75, 3.05) is 6.61 Å². The fourth-order valence-electron chi connectivity index (χ4n) is 0.997. The predicted molar refractivity (Wildman–Crippen MR) is 58.3 cm³/mol. The monoisotopic (exact) mass is 212 g/mol. The Morgan fingerprint density at radius 2 is 2.29 bits per heavy atom. The number of nitrogens with two attached hydrogens (primary N) is 1. The van der Waals surface area contributed by atoms with E-state index in [1.165, 1.54) is 0 Å². The number of nitrogen functional groups attached to an aromatic ring is 1. The maximum Gasteiger partial charge on any atom is 0.137 e. The smallest absolute Gasteiger partial charge is 0.137 e. The van der Waals surface area contributed by atoms with Crippen molar-refractivity contribution >= 4 is 17.4 Å². The van der Waals surface area contributed by atoms with E-state index in [-0.39, 0.29) is 5.84 Å². The topological polar surface area (TPSA) is 59.1 Å². The van der Waals surface area contributed by atoms with Crippen LogP contribution in [0.4, 0.5) is 0 Å². The van der Waals surface area contributed by atoms with Crippen LogP contribution < -0.4 is 10.5 Å². The summed E-state index contributed by atoms with van der Waals surface area (Å²) in [6.07, 6.45) is 0.935. The predicted octanol–water partition coefficient (Wildman–Crippen LogP) is 2.41. The molecule has 0 aliphatic rings. The molecule has 14 heavy (non-hydrogen) atoms. The van der Waals surface area contributed by atoms with Crippen LogP contribution in [0.5, 0.6) is 5.75 Å². The fraction of sp³-hybridized carbons (Fsp3) is 0.300. The van der Waals surface area contributed by atoms with Crippen molar-refractivity contribution in [3.05, 3.63) is 28.8 Å². The summed E-state index contributed by atoms with van der Waals surface area (Å²) < 4.78 is 5.38. The molecule has 0 spiro atoms. The molecule has 0 bridgehead atoms. The van der Waals surface area contributed by atoms with Gasteiger partial charge in [0, 0.05) is 5.56 Å². The molecule has 0 heterocycles. The lowest BCUT2D eigenvalue weighted by molar-refractivity contribution is 0.317. The highest BCUT2D eigenvalue weighted by molar-refractivity contribution is 6.32. The van der Waals surface area contributed by atoms with Gasteiger partial charge in [0.15, 0.2) is 0 Å². The Balaban J connectivity index is 2.84. The van der Waals surface area contributed by atoms with Gasteiger partial charge < -0.3 is 10.5 Å². The molecule has 3 N–H and O–H groups in total. The largest absolute Gasteiger partial charge is 0.492 e. The number of nitrogens with one attached hydrogen (secondary N) is 1. The van der Waals surface area contributed by atoms with Crippen molar-refractivity contribution in [1.82, 2.24) is 0 Å². The lowest BCUT2D eigenvalue weighted by atomic mass is 10.2. The van der Waals surface area contributed by atoms with Crippen molar-refractivity contribution in [2.24, 2.45) is 5.73 Å². The van der Waals surface area contributed by atoms with E-state index >= 15 is 0 Å². The quantitative estimate of drug-likeness (QED) is 0.595. The average Bonchev–Trinajstić information content (AvgIpc) is 2.15. The first-order valence-corrected chi connectivity index (χ1v) is 4.79. The molecule has 0 atom stereocenters. The Kier molecular flexibility index (Phi) is 3.77. The maximum atomic E-state index is 7.22. The zero-order chi connectivity index (χ0) is 10.6. The van der Waals surface area contributed by atoms with Crippen LogP contribution in [-0.2, 0) is 0 Å². The molecule has 0 unspecified atom stereocenters. The fourth-order valence-corrected chi connectivity index (χ4v) is 1.23. The molecule has 0 saturated carbocycles. The van der Waals surface area contributed by atoms with E-state index in [9.17, 15) is 0 Å². The number of hydrogen-bond donors (Lipinski definition) is 2. The number of ether oxygens (including phenoxy) is 1. The molecule has 3 nitrogen and oxygen atoms in total. The number of rotatable bonds is 4. The van der Waals surface area contributed by atoms with Crippen LogP contribution in [0.25, 0.3) is 0 Å². The number of halogens is 1. The summed E-state index contributed by atoms with van der Waals surface area (Å²) in [5, 5.41) is 7.71. The van der Waals surface area contributed by atoms with Gasteiger partial charge in [-0.2, -0.15) is 0 Å². The molecule has 0 fully saturated rings. The second kappa shape index (κ2) is 4.86. The Morgan fingerprint density at radius 3 is 2.79 bits per heavy atom. The van der Waals surface area contributed by atoms with Gasteiger partial charge >= 0.3 is 0 Å². The Labute approximate surface area is 88.3 Å². The standard InChI is InChI=1S/C10H13ClN2O/c1-2-5-14-9-4-3-7(10(12)13)6-8(9)11/h3-4,6H,2,5H2,1H3,(H3,12,13). The van der Waals surface area contributed by atoms with Gasteiger partial charge in [0.1, 0.15) is 11.6 Å². The summed E-state index contributed by atoms with van der Waals surface area (Å²) in [5.74, 6) is 0.646. The molecular formula is C10H13ClN2O. The third-order valence-corrected chi connectivity index (χ3v) is 2.00. The van der Waals surface area contributed by atoms with Gasteiger partial charge in [-0.05, 0) is 24.6 Å². The molecule has 76 valence electrons. The summed E-state index contributed by atoms with van der Waals surface area (Å²) in [7, 11) is 0. The molecule has 1 rings (SSSR count). The first-order chi connectivity index (χ1) is 6.65. The molecule has 0 amide bonds. The van der Waals surface area contributed by atoms with E-state index in [2.05, 4.69) is 0 Å². The van der Waals surface area contributed by atoms with E-state index < -0.39 is 0 Å². The minimum atomic E-state index is 0.00828. The number of hydrogen-bond acceptors (Lipinski definition) is 2. The van der Waals surface area contributed by atoms with Crippen molar-refractivity contribution in [1.29, 1.82) is 5.41 Å². The Bertz CT molecular complexity index is 339. The molecule has 0 aromatic heterocycles. The second-order valence-corrected chi connectivity index (χ2v) is 3.31. The number of benzene rings is 1. The third-order valence-electron chi connectivity index (χ3n) is 1.70. The molecule has 0 saturated heterocycles. The molecule has 0 radical (unpaired) electrons. The average molecular weight is 213 g/mol. The highest BCUT2D eigenvalue weighted by Crippen LogP contribution is 2.25. The first kappa shape index (κ1) is 10.9. The lowest BCUT2D eigenvalue weighted by Gasteiger charge is -2.07. The van der Waals surface area contributed by atoms with Crippen LogP contribution >= 0.6 is 11.6 Å². The van der Waals surface area contributed by atoms with Gasteiger partial charge in [0.2, 0.25) is 0 Å². The van der Waals surface area contributed by atoms with Gasteiger partial charge in [-0.15, -0.1) is 0 Å². The minimum absolute atomic E-state index is 0.00828. The summed E-state index contributed by atoms with van der Waals surface area (Å²) in [5.41, 5.74) is 5.93. The number of amidine groups is 1. The molecule has 4 heteroatoms. The summed E-state index contributed by atoms with van der Waals surface area (Å²) in [4.78, 5) is 0. The van der Waals surface area contributed by atoms with Crippen LogP contribution in [0.15, 0.2) is 18.2 Å². The van der Waals surface area contributed by atoms with Gasteiger partial charge in [-0.3, -0.25) is 5.41 Å². The summed E-state index contributed by atoms with van der Waals surface area (Å²) in [6, 6.07) is 5.09. The van der Waals surface area contributed by atoms with Crippen LogP contribution in [0.3, 0.4) is 0 Å². The highest BCUT2D eigenvalue weighted by Gasteiger charge is 2.03.